The molecule has 4 atom stereocenters. The Hall–Kier alpha value is -0.300. The first-order valence-corrected chi connectivity index (χ1v) is 6.23. The van der Waals surface area contributed by atoms with E-state index in [1.807, 2.05) is 13.8 Å². The number of rotatable bonds is 2. The van der Waals surface area contributed by atoms with Gasteiger partial charge in [0.05, 0.1) is 10.6 Å². The lowest BCUT2D eigenvalue weighted by molar-refractivity contribution is -0.150. The monoisotopic (exact) mass is 247 g/mol. The molecule has 2 fully saturated rings. The summed E-state index contributed by atoms with van der Waals surface area (Å²) in [6.45, 7) is 5.46. The maximum Gasteiger partial charge on any atom is 0.302 e. The number of nitrogens with two attached hydrogens (primary N) is 1. The van der Waals surface area contributed by atoms with Gasteiger partial charge in [-0.25, -0.2) is 0 Å². The van der Waals surface area contributed by atoms with Crippen molar-refractivity contribution in [1.82, 2.24) is 0 Å². The summed E-state index contributed by atoms with van der Waals surface area (Å²) < 4.78 is 16.5. The fourth-order valence-corrected chi connectivity index (χ4v) is 3.33. The topological polar surface area (TPSA) is 70.8 Å². The molecule has 16 heavy (non-hydrogen) atoms. The van der Waals surface area contributed by atoms with Gasteiger partial charge in [0.1, 0.15) is 18.8 Å². The van der Waals surface area contributed by atoms with E-state index >= 15 is 0 Å². The molecule has 2 rings (SSSR count). The zero-order chi connectivity index (χ0) is 11.9. The third-order valence-corrected chi connectivity index (χ3v) is 3.97. The smallest absolute Gasteiger partial charge is 0.302 e. The summed E-state index contributed by atoms with van der Waals surface area (Å²) >= 11 is 1.55. The third kappa shape index (κ3) is 2.34. The second kappa shape index (κ2) is 4.18. The number of hydrogen-bond donors (Lipinski definition) is 1. The Bertz CT molecular complexity index is 297. The lowest BCUT2D eigenvalue weighted by Gasteiger charge is -2.22. The van der Waals surface area contributed by atoms with Crippen molar-refractivity contribution in [3.63, 3.8) is 0 Å². The molecular formula is C10H17NO4S. The van der Waals surface area contributed by atoms with Crippen molar-refractivity contribution < 1.29 is 19.0 Å². The molecule has 0 spiro atoms. The Balaban J connectivity index is 1.99. The van der Waals surface area contributed by atoms with E-state index in [1.54, 1.807) is 11.8 Å². The molecule has 2 aliphatic heterocycles. The van der Waals surface area contributed by atoms with E-state index < -0.39 is 5.79 Å². The zero-order valence-corrected chi connectivity index (χ0v) is 10.5. The highest BCUT2D eigenvalue weighted by atomic mass is 32.2. The lowest BCUT2D eigenvalue weighted by atomic mass is 10.1. The van der Waals surface area contributed by atoms with Crippen molar-refractivity contribution in [2.75, 3.05) is 6.61 Å². The molecule has 2 N–H and O–H groups in total. The van der Waals surface area contributed by atoms with Gasteiger partial charge in [0, 0.05) is 6.92 Å². The van der Waals surface area contributed by atoms with Crippen LogP contribution in [0.5, 0.6) is 0 Å². The van der Waals surface area contributed by atoms with E-state index in [-0.39, 0.29) is 28.8 Å². The Morgan fingerprint density at radius 3 is 2.69 bits per heavy atom. The van der Waals surface area contributed by atoms with Crippen LogP contribution in [0, 0.1) is 0 Å². The quantitative estimate of drug-likeness (QED) is 0.715. The van der Waals surface area contributed by atoms with Gasteiger partial charge in [0.15, 0.2) is 5.79 Å². The maximum absolute atomic E-state index is 10.8. The fraction of sp³-hybridized carbons (Fsp3) is 0.900. The van der Waals surface area contributed by atoms with Crippen LogP contribution in [0.15, 0.2) is 0 Å². The Morgan fingerprint density at radius 2 is 2.06 bits per heavy atom. The highest BCUT2D eigenvalue weighted by Crippen LogP contribution is 2.43. The summed E-state index contributed by atoms with van der Waals surface area (Å²) in [5, 5.41) is -0.0574. The van der Waals surface area contributed by atoms with E-state index in [0.29, 0.717) is 6.61 Å². The molecule has 2 heterocycles. The Morgan fingerprint density at radius 1 is 1.44 bits per heavy atom. The molecular weight excluding hydrogens is 230 g/mol. The van der Waals surface area contributed by atoms with Crippen molar-refractivity contribution in [2.45, 2.75) is 49.4 Å². The van der Waals surface area contributed by atoms with Crippen molar-refractivity contribution >= 4 is 17.7 Å². The van der Waals surface area contributed by atoms with Crippen LogP contribution in [0.25, 0.3) is 0 Å². The van der Waals surface area contributed by atoms with Gasteiger partial charge in [0.25, 0.3) is 0 Å². The predicted molar refractivity (Wildman–Crippen MR) is 59.8 cm³/mol. The minimum atomic E-state index is -0.595. The average Bonchev–Trinajstić information content (AvgIpc) is 2.59. The standard InChI is InChI=1S/C10H17NO4S/c1-5(12)13-4-6-7-8(9(11)16-6)15-10(2,3)14-7/h6-9H,4,11H2,1-3H3/t6-,7-,8-,9?/m1/s1. The van der Waals surface area contributed by atoms with Gasteiger partial charge >= 0.3 is 5.97 Å². The molecule has 0 aromatic heterocycles. The number of fused-ring (bicyclic) bond motifs is 1. The molecule has 0 radical (unpaired) electrons. The number of carbonyl (C=O) groups excluding carboxylic acids is 1. The van der Waals surface area contributed by atoms with Gasteiger partial charge in [0.2, 0.25) is 0 Å². The van der Waals surface area contributed by atoms with Crippen LogP contribution in [0.1, 0.15) is 20.8 Å². The highest BCUT2D eigenvalue weighted by Gasteiger charge is 2.53. The van der Waals surface area contributed by atoms with E-state index in [0.717, 1.165) is 0 Å². The zero-order valence-electron chi connectivity index (χ0n) is 9.64. The maximum atomic E-state index is 10.8. The molecule has 0 saturated carbocycles. The van der Waals surface area contributed by atoms with E-state index in [4.69, 9.17) is 19.9 Å². The molecule has 2 saturated heterocycles. The van der Waals surface area contributed by atoms with E-state index in [1.165, 1.54) is 6.92 Å². The number of ether oxygens (including phenoxy) is 3. The fourth-order valence-electron chi connectivity index (χ4n) is 2.05. The molecule has 6 heteroatoms. The number of esters is 1. The van der Waals surface area contributed by atoms with Gasteiger partial charge in [-0.15, -0.1) is 11.8 Å². The summed E-state index contributed by atoms with van der Waals surface area (Å²) in [7, 11) is 0. The molecule has 0 bridgehead atoms. The number of carbonyl (C=O) groups is 1. The molecule has 0 aromatic carbocycles. The van der Waals surface area contributed by atoms with Gasteiger partial charge in [-0.3, -0.25) is 4.79 Å². The normalized spacial score (nSPS) is 40.8. The second-order valence-electron chi connectivity index (χ2n) is 4.51. The Labute approximate surface area is 99.0 Å². The molecule has 1 unspecified atom stereocenters. The van der Waals surface area contributed by atoms with Gasteiger partial charge in [-0.1, -0.05) is 0 Å². The molecule has 0 amide bonds. The summed E-state index contributed by atoms with van der Waals surface area (Å²) in [6.07, 6.45) is -0.199. The van der Waals surface area contributed by atoms with Crippen LogP contribution in [0.2, 0.25) is 0 Å². The van der Waals surface area contributed by atoms with E-state index in [2.05, 4.69) is 0 Å². The van der Waals surface area contributed by atoms with Crippen molar-refractivity contribution in [3.05, 3.63) is 0 Å². The number of thioether (sulfide) groups is 1. The van der Waals surface area contributed by atoms with Crippen molar-refractivity contribution in [2.24, 2.45) is 5.73 Å². The lowest BCUT2D eigenvalue weighted by Crippen LogP contribution is -2.35. The minimum absolute atomic E-state index is 0.0608. The largest absolute Gasteiger partial charge is 0.465 e. The first-order valence-electron chi connectivity index (χ1n) is 5.29. The predicted octanol–water partition coefficient (Wildman–Crippen LogP) is 0.470. The summed E-state index contributed by atoms with van der Waals surface area (Å²) in [5.74, 6) is -0.877. The Kier molecular flexibility index (Phi) is 3.18. The van der Waals surface area contributed by atoms with Crippen molar-refractivity contribution in [1.29, 1.82) is 0 Å². The van der Waals surface area contributed by atoms with Crippen LogP contribution in [0.4, 0.5) is 0 Å². The first kappa shape index (κ1) is 12.2. The molecule has 5 nitrogen and oxygen atoms in total. The van der Waals surface area contributed by atoms with Crippen LogP contribution in [-0.2, 0) is 19.0 Å². The van der Waals surface area contributed by atoms with Crippen molar-refractivity contribution in [3.8, 4) is 0 Å². The molecule has 92 valence electrons. The molecule has 0 aliphatic carbocycles. The molecule has 0 aromatic rings. The van der Waals surface area contributed by atoms with Gasteiger partial charge in [-0.2, -0.15) is 0 Å². The highest BCUT2D eigenvalue weighted by molar-refractivity contribution is 8.00. The first-order chi connectivity index (χ1) is 7.39. The van der Waals surface area contributed by atoms with Gasteiger partial charge in [-0.05, 0) is 13.8 Å². The summed E-state index contributed by atoms with van der Waals surface area (Å²) in [4.78, 5) is 10.8. The molecule has 2 aliphatic rings. The minimum Gasteiger partial charge on any atom is -0.465 e. The van der Waals surface area contributed by atoms with E-state index in [9.17, 15) is 4.79 Å². The second-order valence-corrected chi connectivity index (χ2v) is 5.93. The van der Waals surface area contributed by atoms with Crippen LogP contribution in [0.3, 0.4) is 0 Å². The van der Waals surface area contributed by atoms with Crippen LogP contribution < -0.4 is 5.73 Å². The number of hydrogen-bond acceptors (Lipinski definition) is 6. The summed E-state index contributed by atoms with van der Waals surface area (Å²) in [6, 6.07) is 0. The van der Waals surface area contributed by atoms with Crippen LogP contribution >= 0.6 is 11.8 Å². The van der Waals surface area contributed by atoms with Gasteiger partial charge < -0.3 is 19.9 Å². The SMILES string of the molecule is CC(=O)OC[C@H]1SC(N)[C@@H]2OC(C)(C)O[C@H]12. The summed E-state index contributed by atoms with van der Waals surface area (Å²) in [5.41, 5.74) is 5.96. The third-order valence-electron chi connectivity index (χ3n) is 2.64. The van der Waals surface area contributed by atoms with Crippen LogP contribution in [-0.4, -0.2) is 41.2 Å². The average molecular weight is 247 g/mol.